The van der Waals surface area contributed by atoms with E-state index in [1.165, 1.54) is 19.3 Å². The molecule has 100 valence electrons. The smallest absolute Gasteiger partial charge is 0.157 e. The van der Waals surface area contributed by atoms with Crippen LogP contribution >= 0.6 is 0 Å². The lowest BCUT2D eigenvalue weighted by molar-refractivity contribution is 0.129. The van der Waals surface area contributed by atoms with E-state index in [1.807, 2.05) is 42.1 Å². The fourth-order valence-electron chi connectivity index (χ4n) is 2.89. The highest BCUT2D eigenvalue weighted by Gasteiger charge is 2.38. The summed E-state index contributed by atoms with van der Waals surface area (Å²) in [6.45, 7) is 1.04. The SMILES string of the molecule is CNCC1(Cc2nnnn2-c2ccccc2)CCC1. The molecule has 2 aromatic rings. The molecule has 5 heteroatoms. The lowest BCUT2D eigenvalue weighted by atomic mass is 9.66. The van der Waals surface area contributed by atoms with Crippen molar-refractivity contribution >= 4 is 0 Å². The minimum Gasteiger partial charge on any atom is -0.319 e. The highest BCUT2D eigenvalue weighted by atomic mass is 15.5. The molecule has 0 unspecified atom stereocenters. The predicted molar refractivity (Wildman–Crippen MR) is 73.1 cm³/mol. The maximum atomic E-state index is 4.22. The van der Waals surface area contributed by atoms with Crippen LogP contribution in [0.4, 0.5) is 0 Å². The zero-order valence-corrected chi connectivity index (χ0v) is 11.2. The van der Waals surface area contributed by atoms with Gasteiger partial charge in [-0.15, -0.1) is 5.10 Å². The Balaban J connectivity index is 1.85. The number of para-hydroxylation sites is 1. The van der Waals surface area contributed by atoms with Crippen LogP contribution in [0, 0.1) is 5.41 Å². The van der Waals surface area contributed by atoms with Gasteiger partial charge in [-0.1, -0.05) is 24.6 Å². The predicted octanol–water partition coefficient (Wildman–Crippen LogP) is 1.59. The molecular weight excluding hydrogens is 238 g/mol. The molecule has 3 rings (SSSR count). The summed E-state index contributed by atoms with van der Waals surface area (Å²) >= 11 is 0. The second-order valence-electron chi connectivity index (χ2n) is 5.40. The zero-order chi connectivity index (χ0) is 13.1. The molecule has 19 heavy (non-hydrogen) atoms. The Labute approximate surface area is 113 Å². The second kappa shape index (κ2) is 5.09. The van der Waals surface area contributed by atoms with Gasteiger partial charge in [0.25, 0.3) is 0 Å². The van der Waals surface area contributed by atoms with Crippen molar-refractivity contribution in [3.8, 4) is 5.69 Å². The minimum absolute atomic E-state index is 0.343. The molecule has 1 heterocycles. The number of benzene rings is 1. The monoisotopic (exact) mass is 257 g/mol. The maximum Gasteiger partial charge on any atom is 0.157 e. The number of nitrogens with zero attached hydrogens (tertiary/aromatic N) is 4. The quantitative estimate of drug-likeness (QED) is 0.884. The summed E-state index contributed by atoms with van der Waals surface area (Å²) in [6, 6.07) is 10.1. The third kappa shape index (κ3) is 2.38. The Bertz CT molecular complexity index is 530. The normalized spacial score (nSPS) is 17.1. The highest BCUT2D eigenvalue weighted by molar-refractivity contribution is 5.30. The topological polar surface area (TPSA) is 55.6 Å². The number of hydrogen-bond donors (Lipinski definition) is 1. The summed E-state index contributed by atoms with van der Waals surface area (Å²) in [7, 11) is 2.01. The van der Waals surface area contributed by atoms with Gasteiger partial charge in [0.2, 0.25) is 0 Å². The Morgan fingerprint density at radius 1 is 1.26 bits per heavy atom. The average molecular weight is 257 g/mol. The molecule has 0 bridgehead atoms. The van der Waals surface area contributed by atoms with Crippen molar-refractivity contribution in [2.24, 2.45) is 5.41 Å². The first kappa shape index (κ1) is 12.3. The minimum atomic E-state index is 0.343. The van der Waals surface area contributed by atoms with Gasteiger partial charge in [0.05, 0.1) is 5.69 Å². The first-order chi connectivity index (χ1) is 9.33. The van der Waals surface area contributed by atoms with Crippen molar-refractivity contribution in [2.45, 2.75) is 25.7 Å². The van der Waals surface area contributed by atoms with Crippen molar-refractivity contribution in [2.75, 3.05) is 13.6 Å². The Hall–Kier alpha value is -1.75. The standard InChI is InChI=1S/C14H19N5/c1-15-11-14(8-5-9-14)10-13-16-17-18-19(13)12-6-3-2-4-7-12/h2-4,6-7,15H,5,8-11H2,1H3. The molecule has 1 saturated carbocycles. The van der Waals surface area contributed by atoms with E-state index in [0.29, 0.717) is 5.41 Å². The van der Waals surface area contributed by atoms with E-state index < -0.39 is 0 Å². The van der Waals surface area contributed by atoms with E-state index in [4.69, 9.17) is 0 Å². The van der Waals surface area contributed by atoms with Crippen LogP contribution in [0.3, 0.4) is 0 Å². The molecule has 0 spiro atoms. The molecule has 0 saturated heterocycles. The molecule has 1 aromatic heterocycles. The molecule has 1 aromatic carbocycles. The number of hydrogen-bond acceptors (Lipinski definition) is 4. The van der Waals surface area contributed by atoms with E-state index in [9.17, 15) is 0 Å². The van der Waals surface area contributed by atoms with Gasteiger partial charge >= 0.3 is 0 Å². The molecule has 1 fully saturated rings. The van der Waals surface area contributed by atoms with Crippen LogP contribution in [0.1, 0.15) is 25.1 Å². The van der Waals surface area contributed by atoms with E-state index >= 15 is 0 Å². The molecule has 1 N–H and O–H groups in total. The van der Waals surface area contributed by atoms with E-state index in [1.54, 1.807) is 0 Å². The number of aromatic nitrogens is 4. The zero-order valence-electron chi connectivity index (χ0n) is 11.2. The van der Waals surface area contributed by atoms with Gasteiger partial charge in [-0.25, -0.2) is 0 Å². The summed E-state index contributed by atoms with van der Waals surface area (Å²) in [6.07, 6.45) is 4.77. The molecular formula is C14H19N5. The van der Waals surface area contributed by atoms with Gasteiger partial charge in [0.15, 0.2) is 5.82 Å². The molecule has 0 aliphatic heterocycles. The summed E-state index contributed by atoms with van der Waals surface area (Å²) in [5, 5.41) is 15.5. The van der Waals surface area contributed by atoms with Crippen LogP contribution in [-0.4, -0.2) is 33.8 Å². The van der Waals surface area contributed by atoms with Crippen molar-refractivity contribution in [3.63, 3.8) is 0 Å². The van der Waals surface area contributed by atoms with Crippen LogP contribution in [0.2, 0.25) is 0 Å². The van der Waals surface area contributed by atoms with Crippen molar-refractivity contribution in [3.05, 3.63) is 36.2 Å². The van der Waals surface area contributed by atoms with Gasteiger partial charge in [0.1, 0.15) is 0 Å². The molecule has 1 aliphatic rings. The summed E-state index contributed by atoms with van der Waals surface area (Å²) in [4.78, 5) is 0. The van der Waals surface area contributed by atoms with Gasteiger partial charge in [0, 0.05) is 13.0 Å². The van der Waals surface area contributed by atoms with Gasteiger partial charge in [-0.2, -0.15) is 4.68 Å². The van der Waals surface area contributed by atoms with Crippen molar-refractivity contribution in [1.82, 2.24) is 25.5 Å². The largest absolute Gasteiger partial charge is 0.319 e. The fraction of sp³-hybridized carbons (Fsp3) is 0.500. The first-order valence-corrected chi connectivity index (χ1v) is 6.80. The van der Waals surface area contributed by atoms with Crippen LogP contribution < -0.4 is 5.32 Å². The Morgan fingerprint density at radius 2 is 2.05 bits per heavy atom. The third-order valence-electron chi connectivity index (χ3n) is 4.03. The average Bonchev–Trinajstić information content (AvgIpc) is 2.85. The van der Waals surface area contributed by atoms with Gasteiger partial charge in [-0.3, -0.25) is 0 Å². The van der Waals surface area contributed by atoms with E-state index in [-0.39, 0.29) is 0 Å². The Morgan fingerprint density at radius 3 is 2.68 bits per heavy atom. The van der Waals surface area contributed by atoms with Crippen LogP contribution in [0.15, 0.2) is 30.3 Å². The van der Waals surface area contributed by atoms with Gasteiger partial charge in [-0.05, 0) is 47.9 Å². The molecule has 1 aliphatic carbocycles. The first-order valence-electron chi connectivity index (χ1n) is 6.80. The second-order valence-corrected chi connectivity index (χ2v) is 5.40. The summed E-state index contributed by atoms with van der Waals surface area (Å²) < 4.78 is 1.86. The molecule has 0 radical (unpaired) electrons. The fourth-order valence-corrected chi connectivity index (χ4v) is 2.89. The third-order valence-corrected chi connectivity index (χ3v) is 4.03. The van der Waals surface area contributed by atoms with Crippen molar-refractivity contribution in [1.29, 1.82) is 0 Å². The lowest BCUT2D eigenvalue weighted by Crippen LogP contribution is -2.41. The number of rotatable bonds is 5. The van der Waals surface area contributed by atoms with Crippen molar-refractivity contribution < 1.29 is 0 Å². The molecule has 0 atom stereocenters. The molecule has 0 amide bonds. The van der Waals surface area contributed by atoms with Crippen LogP contribution in [-0.2, 0) is 6.42 Å². The lowest BCUT2D eigenvalue weighted by Gasteiger charge is -2.41. The van der Waals surface area contributed by atoms with E-state index in [0.717, 1.165) is 24.5 Å². The number of tetrazole rings is 1. The van der Waals surface area contributed by atoms with E-state index in [2.05, 4.69) is 20.8 Å². The maximum absolute atomic E-state index is 4.22. The summed E-state index contributed by atoms with van der Waals surface area (Å²) in [5.41, 5.74) is 1.37. The van der Waals surface area contributed by atoms with Gasteiger partial charge < -0.3 is 5.32 Å². The number of nitrogens with one attached hydrogen (secondary N) is 1. The highest BCUT2D eigenvalue weighted by Crippen LogP contribution is 2.42. The Kier molecular flexibility index (Phi) is 3.29. The summed E-state index contributed by atoms with van der Waals surface area (Å²) in [5.74, 6) is 0.959. The van der Waals surface area contributed by atoms with Crippen LogP contribution in [0.5, 0.6) is 0 Å². The van der Waals surface area contributed by atoms with Crippen LogP contribution in [0.25, 0.3) is 5.69 Å². The molecule has 5 nitrogen and oxygen atoms in total.